The lowest BCUT2D eigenvalue weighted by Gasteiger charge is -2.12. The second-order valence-corrected chi connectivity index (χ2v) is 7.98. The summed E-state index contributed by atoms with van der Waals surface area (Å²) >= 11 is 6.01. The molecule has 2 heterocycles. The molecule has 152 valence electrons. The number of aryl methyl sites for hydroxylation is 1. The van der Waals surface area contributed by atoms with Crippen molar-refractivity contribution >= 4 is 11.6 Å². The first-order valence-corrected chi connectivity index (χ1v) is 10.2. The van der Waals surface area contributed by atoms with Crippen molar-refractivity contribution < 1.29 is 9.47 Å². The van der Waals surface area contributed by atoms with Crippen LogP contribution in [0.25, 0.3) is 5.69 Å². The van der Waals surface area contributed by atoms with E-state index in [0.29, 0.717) is 6.54 Å². The number of benzene rings is 2. The lowest BCUT2D eigenvalue weighted by atomic mass is 10.1. The van der Waals surface area contributed by atoms with E-state index in [4.69, 9.17) is 26.2 Å². The summed E-state index contributed by atoms with van der Waals surface area (Å²) in [4.78, 5) is 0. The molecule has 1 aliphatic heterocycles. The number of halogens is 1. The van der Waals surface area contributed by atoms with E-state index in [1.54, 1.807) is 7.11 Å². The van der Waals surface area contributed by atoms with Gasteiger partial charge in [0.1, 0.15) is 17.6 Å². The van der Waals surface area contributed by atoms with Gasteiger partial charge in [0.25, 0.3) is 0 Å². The van der Waals surface area contributed by atoms with E-state index >= 15 is 0 Å². The Hall–Kier alpha value is -2.50. The minimum atomic E-state index is 0.224. The van der Waals surface area contributed by atoms with Gasteiger partial charge >= 0.3 is 0 Å². The first kappa shape index (κ1) is 19.8. The van der Waals surface area contributed by atoms with Gasteiger partial charge in [0, 0.05) is 46.9 Å². The van der Waals surface area contributed by atoms with E-state index in [-0.39, 0.29) is 6.10 Å². The first-order valence-electron chi connectivity index (χ1n) is 9.84. The summed E-state index contributed by atoms with van der Waals surface area (Å²) in [5.41, 5.74) is 6.66. The predicted octanol–water partition coefficient (Wildman–Crippen LogP) is 4.76. The van der Waals surface area contributed by atoms with E-state index in [0.717, 1.165) is 52.1 Å². The van der Waals surface area contributed by atoms with Crippen LogP contribution in [-0.4, -0.2) is 23.0 Å². The van der Waals surface area contributed by atoms with Crippen LogP contribution in [0.5, 0.6) is 11.5 Å². The number of hydrogen-bond acceptors (Lipinski definition) is 4. The van der Waals surface area contributed by atoms with Gasteiger partial charge in [0.15, 0.2) is 0 Å². The fraction of sp³-hybridized carbons (Fsp3) is 0.348. The van der Waals surface area contributed by atoms with Crippen LogP contribution in [0.4, 0.5) is 0 Å². The summed E-state index contributed by atoms with van der Waals surface area (Å²) in [6, 6.07) is 11.9. The Kier molecular flexibility index (Phi) is 5.52. The van der Waals surface area contributed by atoms with E-state index in [9.17, 15) is 0 Å². The summed E-state index contributed by atoms with van der Waals surface area (Å²) in [6.07, 6.45) is 1.16. The van der Waals surface area contributed by atoms with Gasteiger partial charge in [-0.15, -0.1) is 0 Å². The molecule has 3 aromatic rings. The molecule has 0 aliphatic carbocycles. The summed E-state index contributed by atoms with van der Waals surface area (Å²) in [5, 5.41) is 8.98. The Balaban J connectivity index is 1.49. The molecule has 0 fully saturated rings. The maximum absolute atomic E-state index is 6.01. The van der Waals surface area contributed by atoms with Crippen molar-refractivity contribution in [3.05, 3.63) is 69.5 Å². The number of fused-ring (bicyclic) bond motifs is 1. The molecule has 29 heavy (non-hydrogen) atoms. The maximum atomic E-state index is 6.01. The molecule has 0 saturated heterocycles. The fourth-order valence-electron chi connectivity index (χ4n) is 3.90. The highest BCUT2D eigenvalue weighted by Gasteiger charge is 2.21. The van der Waals surface area contributed by atoms with Gasteiger partial charge in [-0.2, -0.15) is 5.10 Å². The molecule has 0 amide bonds. The molecule has 1 aromatic heterocycles. The Morgan fingerprint density at radius 3 is 2.69 bits per heavy atom. The number of methoxy groups -OCH3 is 1. The zero-order valence-electron chi connectivity index (χ0n) is 17.3. The van der Waals surface area contributed by atoms with Crippen molar-refractivity contribution in [3.8, 4) is 17.2 Å². The van der Waals surface area contributed by atoms with Gasteiger partial charge < -0.3 is 14.8 Å². The highest BCUT2D eigenvalue weighted by atomic mass is 35.5. The van der Waals surface area contributed by atoms with E-state index in [1.165, 1.54) is 11.1 Å². The lowest BCUT2D eigenvalue weighted by molar-refractivity contribution is 0.254. The second kappa shape index (κ2) is 8.09. The SMILES string of the molecule is COc1cc2c(cc1CNCc1c(C)nn(-c3ccc(Cl)cc3)c1C)OC(C)C2. The highest BCUT2D eigenvalue weighted by Crippen LogP contribution is 2.35. The van der Waals surface area contributed by atoms with Crippen LogP contribution in [0.1, 0.15) is 35.0 Å². The normalized spacial score (nSPS) is 15.3. The largest absolute Gasteiger partial charge is 0.496 e. The average molecular weight is 412 g/mol. The van der Waals surface area contributed by atoms with Gasteiger partial charge in [-0.1, -0.05) is 11.6 Å². The van der Waals surface area contributed by atoms with Crippen molar-refractivity contribution in [1.29, 1.82) is 0 Å². The van der Waals surface area contributed by atoms with Crippen LogP contribution in [0.2, 0.25) is 5.02 Å². The third kappa shape index (κ3) is 3.98. The Morgan fingerprint density at radius 2 is 1.97 bits per heavy atom. The summed E-state index contributed by atoms with van der Waals surface area (Å²) in [7, 11) is 1.72. The second-order valence-electron chi connectivity index (χ2n) is 7.55. The summed E-state index contributed by atoms with van der Waals surface area (Å²) in [5.74, 6) is 1.87. The van der Waals surface area contributed by atoms with Crippen molar-refractivity contribution in [3.63, 3.8) is 0 Å². The maximum Gasteiger partial charge on any atom is 0.123 e. The van der Waals surface area contributed by atoms with Crippen LogP contribution in [-0.2, 0) is 19.5 Å². The first-order chi connectivity index (χ1) is 14.0. The molecule has 4 rings (SSSR count). The standard InChI is InChI=1S/C23H26ClN3O2/c1-14-9-17-10-22(28-4)18(11-23(17)29-14)12-25-13-21-15(2)26-27(16(21)3)20-7-5-19(24)6-8-20/h5-8,10-11,14,25H,9,12-13H2,1-4H3. The molecular formula is C23H26ClN3O2. The number of nitrogens with zero attached hydrogens (tertiary/aromatic N) is 2. The van der Waals surface area contributed by atoms with Crippen molar-refractivity contribution in [2.24, 2.45) is 0 Å². The monoisotopic (exact) mass is 411 g/mol. The van der Waals surface area contributed by atoms with Gasteiger partial charge in [0.05, 0.1) is 18.5 Å². The molecule has 5 nitrogen and oxygen atoms in total. The molecule has 1 atom stereocenters. The van der Waals surface area contributed by atoms with E-state index in [2.05, 4.69) is 31.3 Å². The average Bonchev–Trinajstić information content (AvgIpc) is 3.20. The van der Waals surface area contributed by atoms with Crippen molar-refractivity contribution in [2.45, 2.75) is 46.4 Å². The van der Waals surface area contributed by atoms with Gasteiger partial charge in [-0.05, 0) is 57.2 Å². The van der Waals surface area contributed by atoms with Gasteiger partial charge in [-0.25, -0.2) is 4.68 Å². The molecule has 1 aliphatic rings. The molecule has 2 aromatic carbocycles. The van der Waals surface area contributed by atoms with Gasteiger partial charge in [0.2, 0.25) is 0 Å². The van der Waals surface area contributed by atoms with Crippen molar-refractivity contribution in [2.75, 3.05) is 7.11 Å². The molecule has 1 unspecified atom stereocenters. The Bertz CT molecular complexity index is 1030. The number of rotatable bonds is 6. The minimum absolute atomic E-state index is 0.224. The zero-order valence-corrected chi connectivity index (χ0v) is 18.0. The van der Waals surface area contributed by atoms with E-state index < -0.39 is 0 Å². The minimum Gasteiger partial charge on any atom is -0.496 e. The topological polar surface area (TPSA) is 48.3 Å². The highest BCUT2D eigenvalue weighted by molar-refractivity contribution is 6.30. The quantitative estimate of drug-likeness (QED) is 0.635. The molecule has 0 saturated carbocycles. The van der Waals surface area contributed by atoms with Crippen LogP contribution in [0.15, 0.2) is 36.4 Å². The third-order valence-corrected chi connectivity index (χ3v) is 5.68. The molecule has 0 spiro atoms. The Morgan fingerprint density at radius 1 is 1.21 bits per heavy atom. The summed E-state index contributed by atoms with van der Waals surface area (Å²) < 4.78 is 13.5. The molecule has 0 radical (unpaired) electrons. The van der Waals surface area contributed by atoms with E-state index in [1.807, 2.05) is 35.9 Å². The fourth-order valence-corrected chi connectivity index (χ4v) is 4.02. The lowest BCUT2D eigenvalue weighted by Crippen LogP contribution is -2.15. The van der Waals surface area contributed by atoms with Crippen LogP contribution >= 0.6 is 11.6 Å². The number of nitrogens with one attached hydrogen (secondary N) is 1. The van der Waals surface area contributed by atoms with Crippen LogP contribution in [0, 0.1) is 13.8 Å². The van der Waals surface area contributed by atoms with Crippen molar-refractivity contribution in [1.82, 2.24) is 15.1 Å². The third-order valence-electron chi connectivity index (χ3n) is 5.43. The van der Waals surface area contributed by atoms with Crippen LogP contribution in [0.3, 0.4) is 0 Å². The number of ether oxygens (including phenoxy) is 2. The number of hydrogen-bond donors (Lipinski definition) is 1. The molecule has 0 bridgehead atoms. The smallest absolute Gasteiger partial charge is 0.123 e. The molecule has 6 heteroatoms. The molecular weight excluding hydrogens is 386 g/mol. The van der Waals surface area contributed by atoms with Gasteiger partial charge in [-0.3, -0.25) is 0 Å². The predicted molar refractivity (Wildman–Crippen MR) is 115 cm³/mol. The summed E-state index contributed by atoms with van der Waals surface area (Å²) in [6.45, 7) is 7.65. The molecule has 1 N–H and O–H groups in total. The zero-order chi connectivity index (χ0) is 20.5. The Labute approximate surface area is 176 Å². The van der Waals surface area contributed by atoms with Crippen LogP contribution < -0.4 is 14.8 Å². The number of aromatic nitrogens is 2.